The van der Waals surface area contributed by atoms with Crippen molar-refractivity contribution in [1.82, 2.24) is 14.8 Å². The third-order valence-electron chi connectivity index (χ3n) is 5.04. The highest BCUT2D eigenvalue weighted by molar-refractivity contribution is 7.19. The number of anilines is 3. The Labute approximate surface area is 201 Å². The Kier molecular flexibility index (Phi) is 6.58. The van der Waals surface area contributed by atoms with E-state index in [2.05, 4.69) is 25.6 Å². The topological polar surface area (TPSA) is 122 Å². The first kappa shape index (κ1) is 23.7. The van der Waals surface area contributed by atoms with Crippen LogP contribution in [0.15, 0.2) is 36.7 Å². The van der Waals surface area contributed by atoms with Crippen LogP contribution in [0.5, 0.6) is 0 Å². The number of nitrogens with zero attached hydrogens (tertiary/aromatic N) is 4. The zero-order valence-electron chi connectivity index (χ0n) is 19.5. The molecule has 180 valence electrons. The number of carbonyl (C=O) groups is 2. The average molecular weight is 485 g/mol. The lowest BCUT2D eigenvalue weighted by Gasteiger charge is -2.19. The van der Waals surface area contributed by atoms with E-state index in [0.717, 1.165) is 24.2 Å². The van der Waals surface area contributed by atoms with Crippen LogP contribution in [0.2, 0.25) is 0 Å². The lowest BCUT2D eigenvalue weighted by molar-refractivity contribution is 0.0636. The monoisotopic (exact) mass is 484 g/mol. The highest BCUT2D eigenvalue weighted by atomic mass is 32.1. The van der Waals surface area contributed by atoms with Crippen molar-refractivity contribution in [3.63, 3.8) is 0 Å². The number of hydrogen-bond acceptors (Lipinski definition) is 8. The summed E-state index contributed by atoms with van der Waals surface area (Å²) in [5.74, 6) is -0.472. The molecule has 0 spiro atoms. The smallest absolute Gasteiger partial charge is 0.412 e. The molecule has 34 heavy (non-hydrogen) atoms. The molecule has 4 rings (SSSR count). The molecule has 0 radical (unpaired) electrons. The molecule has 10 nitrogen and oxygen atoms in total. The summed E-state index contributed by atoms with van der Waals surface area (Å²) in [6.07, 6.45) is 2.92. The van der Waals surface area contributed by atoms with Crippen molar-refractivity contribution in [3.8, 4) is 10.6 Å². The minimum Gasteiger partial charge on any atom is -0.444 e. The first-order chi connectivity index (χ1) is 16.1. The fourth-order valence-electron chi connectivity index (χ4n) is 3.57. The van der Waals surface area contributed by atoms with Gasteiger partial charge in [0.05, 0.1) is 18.0 Å². The van der Waals surface area contributed by atoms with Crippen LogP contribution in [0.1, 0.15) is 37.7 Å². The maximum Gasteiger partial charge on any atom is 0.412 e. The summed E-state index contributed by atoms with van der Waals surface area (Å²) in [6.45, 7) is 6.64. The first-order valence-corrected chi connectivity index (χ1v) is 11.7. The highest BCUT2D eigenvalue weighted by Crippen LogP contribution is 2.35. The number of thiazole rings is 1. The molecule has 1 atom stereocenters. The predicted octanol–water partition coefficient (Wildman–Crippen LogP) is 3.71. The van der Waals surface area contributed by atoms with Gasteiger partial charge in [0, 0.05) is 37.6 Å². The van der Waals surface area contributed by atoms with E-state index in [1.807, 2.05) is 24.3 Å². The number of carbonyl (C=O) groups excluding carboxylic acids is 2. The number of benzene rings is 1. The van der Waals surface area contributed by atoms with Gasteiger partial charge in [-0.05, 0) is 39.3 Å². The third kappa shape index (κ3) is 5.72. The van der Waals surface area contributed by atoms with Crippen molar-refractivity contribution < 1.29 is 19.4 Å². The molecule has 1 aliphatic rings. The van der Waals surface area contributed by atoms with E-state index in [1.54, 1.807) is 38.7 Å². The van der Waals surface area contributed by atoms with Gasteiger partial charge in [0.1, 0.15) is 15.6 Å². The molecule has 1 fully saturated rings. The number of rotatable bonds is 5. The summed E-state index contributed by atoms with van der Waals surface area (Å²) in [5.41, 5.74) is 1.67. The summed E-state index contributed by atoms with van der Waals surface area (Å²) in [5, 5.41) is 20.2. The molecule has 1 unspecified atom stereocenters. The van der Waals surface area contributed by atoms with Crippen LogP contribution in [0.25, 0.3) is 10.6 Å². The minimum absolute atomic E-state index is 0.0803. The van der Waals surface area contributed by atoms with Gasteiger partial charge in [0.25, 0.3) is 5.91 Å². The van der Waals surface area contributed by atoms with Crippen molar-refractivity contribution in [1.29, 1.82) is 0 Å². The second-order valence-corrected chi connectivity index (χ2v) is 10.1. The van der Waals surface area contributed by atoms with Crippen molar-refractivity contribution in [3.05, 3.63) is 42.4 Å². The van der Waals surface area contributed by atoms with Crippen LogP contribution in [0, 0.1) is 0 Å². The maximum absolute atomic E-state index is 13.0. The summed E-state index contributed by atoms with van der Waals surface area (Å²) in [4.78, 5) is 32.1. The Morgan fingerprint density at radius 3 is 2.71 bits per heavy atom. The van der Waals surface area contributed by atoms with Gasteiger partial charge < -0.3 is 20.1 Å². The fourth-order valence-corrected chi connectivity index (χ4v) is 4.51. The number of hydrogen-bond donors (Lipinski definition) is 3. The number of aliphatic hydroxyl groups is 1. The van der Waals surface area contributed by atoms with E-state index in [-0.39, 0.29) is 16.8 Å². The van der Waals surface area contributed by atoms with Gasteiger partial charge in [-0.2, -0.15) is 5.10 Å². The number of aliphatic hydroxyl groups excluding tert-OH is 1. The second kappa shape index (κ2) is 9.43. The molecule has 0 bridgehead atoms. The number of nitrogens with one attached hydrogen (secondary N) is 2. The maximum atomic E-state index is 13.0. The van der Waals surface area contributed by atoms with Crippen molar-refractivity contribution in [2.24, 2.45) is 7.05 Å². The summed E-state index contributed by atoms with van der Waals surface area (Å²) >= 11 is 1.19. The molecule has 0 saturated carbocycles. The van der Waals surface area contributed by atoms with Gasteiger partial charge in [-0.15, -0.1) is 0 Å². The molecule has 1 aromatic carbocycles. The number of aromatic nitrogens is 3. The average Bonchev–Trinajstić information content (AvgIpc) is 3.47. The Bertz CT molecular complexity index is 1200. The van der Waals surface area contributed by atoms with Crippen LogP contribution < -0.4 is 15.5 Å². The molecule has 3 N–H and O–H groups in total. The van der Waals surface area contributed by atoms with E-state index in [0.29, 0.717) is 17.2 Å². The lowest BCUT2D eigenvalue weighted by Crippen LogP contribution is -2.27. The summed E-state index contributed by atoms with van der Waals surface area (Å²) in [6, 6.07) is 7.75. The lowest BCUT2D eigenvalue weighted by atomic mass is 10.2. The van der Waals surface area contributed by atoms with Crippen LogP contribution in [-0.4, -0.2) is 56.7 Å². The summed E-state index contributed by atoms with van der Waals surface area (Å²) < 4.78 is 6.94. The van der Waals surface area contributed by atoms with Crippen LogP contribution in [0.4, 0.5) is 21.2 Å². The SMILES string of the molecule is Cn1cc(NC(=O)c2nc(-c3cccc(N4CCC(O)C4)c3)sc2NC(=O)OC(C)(C)C)cn1. The quantitative estimate of drug-likeness (QED) is 0.505. The number of β-amino-alcohol motifs (C(OH)–C–C–N with tert-alkyl or cyclic N) is 1. The normalized spacial score (nSPS) is 15.9. The Hall–Kier alpha value is -3.44. The molecule has 2 amide bonds. The number of amides is 2. The van der Waals surface area contributed by atoms with Gasteiger partial charge in [0.15, 0.2) is 5.69 Å². The van der Waals surface area contributed by atoms with Crippen molar-refractivity contribution in [2.45, 2.75) is 38.9 Å². The van der Waals surface area contributed by atoms with Crippen molar-refractivity contribution >= 4 is 39.7 Å². The molecule has 11 heteroatoms. The Balaban J connectivity index is 1.64. The molecule has 3 aromatic rings. The van der Waals surface area contributed by atoms with Gasteiger partial charge in [-0.3, -0.25) is 14.8 Å². The van der Waals surface area contributed by atoms with Crippen LogP contribution >= 0.6 is 11.3 Å². The van der Waals surface area contributed by atoms with Gasteiger partial charge >= 0.3 is 6.09 Å². The largest absolute Gasteiger partial charge is 0.444 e. The molecule has 2 aromatic heterocycles. The number of aryl methyl sites for hydroxylation is 1. The molecular formula is C23H28N6O4S. The predicted molar refractivity (Wildman–Crippen MR) is 131 cm³/mol. The fraction of sp³-hybridized carbons (Fsp3) is 0.391. The van der Waals surface area contributed by atoms with Crippen molar-refractivity contribution in [2.75, 3.05) is 28.6 Å². The second-order valence-electron chi connectivity index (χ2n) is 9.12. The molecule has 0 aliphatic carbocycles. The zero-order chi connectivity index (χ0) is 24.5. The highest BCUT2D eigenvalue weighted by Gasteiger charge is 2.25. The zero-order valence-corrected chi connectivity index (χ0v) is 20.3. The molecule has 1 saturated heterocycles. The Morgan fingerprint density at radius 1 is 1.26 bits per heavy atom. The van der Waals surface area contributed by atoms with Crippen LogP contribution in [-0.2, 0) is 11.8 Å². The van der Waals surface area contributed by atoms with E-state index in [4.69, 9.17) is 4.74 Å². The molecular weight excluding hydrogens is 456 g/mol. The van der Waals surface area contributed by atoms with E-state index in [1.165, 1.54) is 17.5 Å². The standard InChI is InChI=1S/C23H28N6O4S/c1-23(2,3)33-22(32)27-21-18(19(31)25-15-11-24-28(4)12-15)26-20(34-21)14-6-5-7-16(10-14)29-9-8-17(30)13-29/h5-7,10-12,17,30H,8-9,13H2,1-4H3,(H,25,31)(H,27,32). The van der Waals surface area contributed by atoms with E-state index < -0.39 is 17.6 Å². The minimum atomic E-state index is -0.690. The Morgan fingerprint density at radius 2 is 2.06 bits per heavy atom. The third-order valence-corrected chi connectivity index (χ3v) is 6.06. The molecule has 3 heterocycles. The van der Waals surface area contributed by atoms with E-state index >= 15 is 0 Å². The number of ether oxygens (including phenoxy) is 1. The van der Waals surface area contributed by atoms with Gasteiger partial charge in [0.2, 0.25) is 0 Å². The first-order valence-electron chi connectivity index (χ1n) is 10.9. The van der Waals surface area contributed by atoms with Gasteiger partial charge in [-0.1, -0.05) is 23.5 Å². The van der Waals surface area contributed by atoms with Crippen LogP contribution in [0.3, 0.4) is 0 Å². The summed E-state index contributed by atoms with van der Waals surface area (Å²) in [7, 11) is 1.75. The van der Waals surface area contributed by atoms with E-state index in [9.17, 15) is 14.7 Å². The molecule has 1 aliphatic heterocycles. The van der Waals surface area contributed by atoms with Gasteiger partial charge in [-0.25, -0.2) is 9.78 Å².